The second kappa shape index (κ2) is 8.29. The normalized spacial score (nSPS) is 16.2. The van der Waals surface area contributed by atoms with Crippen LogP contribution in [0.1, 0.15) is 5.56 Å². The average Bonchev–Trinajstić information content (AvgIpc) is 2.67. The van der Waals surface area contributed by atoms with E-state index in [1.165, 1.54) is 4.31 Å². The van der Waals surface area contributed by atoms with E-state index in [-0.39, 0.29) is 0 Å². The van der Waals surface area contributed by atoms with Crippen LogP contribution in [-0.2, 0) is 14.8 Å². The second-order valence-corrected chi connectivity index (χ2v) is 7.67. The largest absolute Gasteiger partial charge is 0.382 e. The number of anilines is 1. The van der Waals surface area contributed by atoms with Gasteiger partial charge in [0.15, 0.2) is 0 Å². The second-order valence-electron chi connectivity index (χ2n) is 5.73. The van der Waals surface area contributed by atoms with Crippen molar-refractivity contribution < 1.29 is 13.2 Å². The van der Waals surface area contributed by atoms with Crippen molar-refractivity contribution >= 4 is 21.8 Å². The summed E-state index contributed by atoms with van der Waals surface area (Å²) in [5.74, 6) is 0. The molecule has 0 amide bonds. The first kappa shape index (κ1) is 17.7. The lowest BCUT2D eigenvalue weighted by atomic mass is 10.2. The Hall–Kier alpha value is -2.15. The number of nitrogens with one attached hydrogen (secondary N) is 1. The molecule has 0 spiro atoms. The van der Waals surface area contributed by atoms with Crippen molar-refractivity contribution in [3.05, 3.63) is 66.2 Å². The molecular formula is C19H22N2O3S. The predicted molar refractivity (Wildman–Crippen MR) is 100.0 cm³/mol. The molecule has 6 heteroatoms. The van der Waals surface area contributed by atoms with Gasteiger partial charge in [-0.15, -0.1) is 0 Å². The Morgan fingerprint density at radius 2 is 1.68 bits per heavy atom. The van der Waals surface area contributed by atoms with Gasteiger partial charge in [-0.1, -0.05) is 42.5 Å². The molecule has 1 heterocycles. The Morgan fingerprint density at radius 1 is 1.00 bits per heavy atom. The summed E-state index contributed by atoms with van der Waals surface area (Å²) >= 11 is 0. The van der Waals surface area contributed by atoms with Crippen LogP contribution in [0.15, 0.2) is 65.6 Å². The number of nitrogens with zero attached hydrogens (tertiary/aromatic N) is 1. The van der Waals surface area contributed by atoms with E-state index in [2.05, 4.69) is 5.32 Å². The van der Waals surface area contributed by atoms with E-state index in [1.54, 1.807) is 24.3 Å². The van der Waals surface area contributed by atoms with E-state index in [0.717, 1.165) is 11.3 Å². The lowest BCUT2D eigenvalue weighted by Crippen LogP contribution is -2.40. The maximum Gasteiger partial charge on any atom is 0.243 e. The molecule has 0 atom stereocenters. The molecule has 1 fully saturated rings. The number of sulfonamides is 1. The third-order valence-corrected chi connectivity index (χ3v) is 5.91. The van der Waals surface area contributed by atoms with Gasteiger partial charge in [-0.2, -0.15) is 4.31 Å². The molecule has 1 N–H and O–H groups in total. The van der Waals surface area contributed by atoms with Gasteiger partial charge in [0.05, 0.1) is 18.1 Å². The molecule has 0 aromatic heterocycles. The molecule has 1 aliphatic heterocycles. The average molecular weight is 358 g/mol. The first-order chi connectivity index (χ1) is 12.2. The monoisotopic (exact) mass is 358 g/mol. The summed E-state index contributed by atoms with van der Waals surface area (Å²) in [6, 6.07) is 17.0. The van der Waals surface area contributed by atoms with Crippen LogP contribution in [0.4, 0.5) is 5.69 Å². The van der Waals surface area contributed by atoms with Gasteiger partial charge in [-0.25, -0.2) is 8.42 Å². The van der Waals surface area contributed by atoms with Gasteiger partial charge in [-0.3, -0.25) is 0 Å². The number of morpholine rings is 1. The molecule has 25 heavy (non-hydrogen) atoms. The maximum atomic E-state index is 12.6. The quantitative estimate of drug-likeness (QED) is 0.863. The van der Waals surface area contributed by atoms with Gasteiger partial charge in [-0.05, 0) is 29.8 Å². The Morgan fingerprint density at radius 3 is 2.36 bits per heavy atom. The highest BCUT2D eigenvalue weighted by atomic mass is 32.2. The molecule has 1 saturated heterocycles. The highest BCUT2D eigenvalue weighted by Gasteiger charge is 2.25. The molecule has 5 nitrogen and oxygen atoms in total. The van der Waals surface area contributed by atoms with Crippen molar-refractivity contribution in [2.24, 2.45) is 0 Å². The van der Waals surface area contributed by atoms with Gasteiger partial charge >= 0.3 is 0 Å². The minimum atomic E-state index is -3.43. The first-order valence-electron chi connectivity index (χ1n) is 8.30. The summed E-state index contributed by atoms with van der Waals surface area (Å²) in [4.78, 5) is 0.319. The van der Waals surface area contributed by atoms with E-state index >= 15 is 0 Å². The van der Waals surface area contributed by atoms with E-state index in [4.69, 9.17) is 4.74 Å². The van der Waals surface area contributed by atoms with Crippen LogP contribution in [-0.4, -0.2) is 45.6 Å². The molecule has 132 valence electrons. The fraction of sp³-hybridized carbons (Fsp3) is 0.263. The van der Waals surface area contributed by atoms with E-state index in [9.17, 15) is 8.42 Å². The topological polar surface area (TPSA) is 58.6 Å². The Bertz CT molecular complexity index is 796. The van der Waals surface area contributed by atoms with Crippen molar-refractivity contribution in [2.45, 2.75) is 4.90 Å². The molecular weight excluding hydrogens is 336 g/mol. The Balaban J connectivity index is 1.57. The van der Waals surface area contributed by atoms with Crippen LogP contribution in [0.3, 0.4) is 0 Å². The molecule has 0 bridgehead atoms. The Kier molecular flexibility index (Phi) is 5.86. The third kappa shape index (κ3) is 4.69. The van der Waals surface area contributed by atoms with Crippen LogP contribution in [0.5, 0.6) is 0 Å². The van der Waals surface area contributed by atoms with E-state index in [0.29, 0.717) is 37.7 Å². The summed E-state index contributed by atoms with van der Waals surface area (Å²) < 4.78 is 31.8. The van der Waals surface area contributed by atoms with Crippen molar-refractivity contribution in [3.63, 3.8) is 0 Å². The zero-order valence-electron chi connectivity index (χ0n) is 14.0. The minimum absolute atomic E-state index is 0.319. The molecule has 3 rings (SSSR count). The first-order valence-corrected chi connectivity index (χ1v) is 9.74. The number of hydrogen-bond acceptors (Lipinski definition) is 4. The van der Waals surface area contributed by atoms with Gasteiger partial charge in [0.2, 0.25) is 10.0 Å². The minimum Gasteiger partial charge on any atom is -0.382 e. The summed E-state index contributed by atoms with van der Waals surface area (Å²) in [7, 11) is -3.43. The Labute approximate surface area is 149 Å². The fourth-order valence-corrected chi connectivity index (χ4v) is 4.02. The van der Waals surface area contributed by atoms with Gasteiger partial charge in [0, 0.05) is 25.3 Å². The zero-order valence-corrected chi connectivity index (χ0v) is 14.8. The summed E-state index contributed by atoms with van der Waals surface area (Å²) in [6.07, 6.45) is 4.08. The predicted octanol–water partition coefficient (Wildman–Crippen LogP) is 2.83. The number of ether oxygens (including phenoxy) is 1. The summed E-state index contributed by atoms with van der Waals surface area (Å²) in [5, 5.41) is 3.26. The van der Waals surface area contributed by atoms with E-state index < -0.39 is 10.0 Å². The highest BCUT2D eigenvalue weighted by Crippen LogP contribution is 2.19. The smallest absolute Gasteiger partial charge is 0.243 e. The highest BCUT2D eigenvalue weighted by molar-refractivity contribution is 7.89. The number of rotatable bonds is 6. The standard InChI is InChI=1S/C19H22N2O3S/c22-25(23,21-13-15-24-16-14-21)19-10-8-18(9-11-19)20-12-4-7-17-5-2-1-3-6-17/h1-11,20H,12-16H2/b7-4+. The maximum absolute atomic E-state index is 12.6. The molecule has 0 unspecified atom stereocenters. The molecule has 0 saturated carbocycles. The number of benzene rings is 2. The fourth-order valence-electron chi connectivity index (χ4n) is 2.62. The number of hydrogen-bond donors (Lipinski definition) is 1. The molecule has 0 radical (unpaired) electrons. The summed E-state index contributed by atoms with van der Waals surface area (Å²) in [5.41, 5.74) is 2.04. The lowest BCUT2D eigenvalue weighted by molar-refractivity contribution is 0.0730. The van der Waals surface area contributed by atoms with Crippen LogP contribution < -0.4 is 5.32 Å². The van der Waals surface area contributed by atoms with Crippen molar-refractivity contribution in [2.75, 3.05) is 38.2 Å². The van der Waals surface area contributed by atoms with Gasteiger partial charge in [0.25, 0.3) is 0 Å². The molecule has 1 aliphatic rings. The van der Waals surface area contributed by atoms with Crippen LogP contribution in [0.2, 0.25) is 0 Å². The zero-order chi connectivity index (χ0) is 17.5. The van der Waals surface area contributed by atoms with Crippen molar-refractivity contribution in [3.8, 4) is 0 Å². The van der Waals surface area contributed by atoms with Crippen molar-refractivity contribution in [1.29, 1.82) is 0 Å². The van der Waals surface area contributed by atoms with Crippen LogP contribution >= 0.6 is 0 Å². The van der Waals surface area contributed by atoms with Gasteiger partial charge < -0.3 is 10.1 Å². The lowest BCUT2D eigenvalue weighted by Gasteiger charge is -2.26. The molecule has 2 aromatic rings. The summed E-state index contributed by atoms with van der Waals surface area (Å²) in [6.45, 7) is 2.39. The van der Waals surface area contributed by atoms with E-state index in [1.807, 2.05) is 42.5 Å². The van der Waals surface area contributed by atoms with Gasteiger partial charge in [0.1, 0.15) is 0 Å². The molecule has 0 aliphatic carbocycles. The third-order valence-electron chi connectivity index (χ3n) is 4.00. The van der Waals surface area contributed by atoms with Crippen molar-refractivity contribution in [1.82, 2.24) is 4.31 Å². The molecule has 2 aromatic carbocycles. The van der Waals surface area contributed by atoms with Crippen LogP contribution in [0, 0.1) is 0 Å². The SMILES string of the molecule is O=S(=O)(c1ccc(NC/C=C/c2ccccc2)cc1)N1CCOCC1. The van der Waals surface area contributed by atoms with Crippen LogP contribution in [0.25, 0.3) is 6.08 Å².